The monoisotopic (exact) mass is 332 g/mol. The summed E-state index contributed by atoms with van der Waals surface area (Å²) in [6, 6.07) is 9.34. The molecule has 0 radical (unpaired) electrons. The van der Waals surface area contributed by atoms with Crippen molar-refractivity contribution in [2.24, 2.45) is 5.92 Å². The lowest BCUT2D eigenvalue weighted by atomic mass is 10.0. The highest BCUT2D eigenvalue weighted by Gasteiger charge is 2.39. The molecule has 3 rings (SSSR count). The Hall–Kier alpha value is -2.57. The van der Waals surface area contributed by atoms with Crippen LogP contribution in [0.3, 0.4) is 0 Å². The standard InChI is InChI=1S/C17H20N2O5/c20-15(9-13-6-7-18(10-13)16(21)22)19-14(11-24-17(19)23)8-12-4-2-1-3-5-12/h1-5,13-14H,6-11H2,(H,21,22). The Morgan fingerprint density at radius 3 is 2.67 bits per heavy atom. The van der Waals surface area contributed by atoms with E-state index in [0.717, 1.165) is 5.56 Å². The Kier molecular flexibility index (Phi) is 4.69. The summed E-state index contributed by atoms with van der Waals surface area (Å²) in [5, 5.41) is 8.98. The second kappa shape index (κ2) is 6.90. The molecule has 2 saturated heterocycles. The molecule has 0 aromatic heterocycles. The Morgan fingerprint density at radius 1 is 1.25 bits per heavy atom. The number of hydrogen-bond donors (Lipinski definition) is 1. The second-order valence-electron chi connectivity index (χ2n) is 6.27. The maximum absolute atomic E-state index is 12.5. The summed E-state index contributed by atoms with van der Waals surface area (Å²) in [5.74, 6) is -0.324. The van der Waals surface area contributed by atoms with Crippen LogP contribution in [0.4, 0.5) is 9.59 Å². The zero-order valence-corrected chi connectivity index (χ0v) is 13.3. The minimum atomic E-state index is -0.965. The van der Waals surface area contributed by atoms with Gasteiger partial charge in [0.05, 0.1) is 6.04 Å². The number of carbonyl (C=O) groups excluding carboxylic acids is 2. The van der Waals surface area contributed by atoms with Crippen LogP contribution in [0, 0.1) is 5.92 Å². The molecule has 2 aliphatic rings. The van der Waals surface area contributed by atoms with E-state index in [0.29, 0.717) is 25.9 Å². The number of cyclic esters (lactones) is 1. The number of carboxylic acid groups (broad SMARTS) is 1. The summed E-state index contributed by atoms with van der Waals surface area (Å²) in [5.41, 5.74) is 1.04. The molecule has 0 saturated carbocycles. The first-order valence-electron chi connectivity index (χ1n) is 8.05. The fraction of sp³-hybridized carbons (Fsp3) is 0.471. The van der Waals surface area contributed by atoms with E-state index in [1.54, 1.807) is 0 Å². The molecule has 1 aromatic carbocycles. The lowest BCUT2D eigenvalue weighted by molar-refractivity contribution is -0.130. The molecule has 0 spiro atoms. The van der Waals surface area contributed by atoms with Gasteiger partial charge in [-0.3, -0.25) is 4.79 Å². The molecule has 7 heteroatoms. The van der Waals surface area contributed by atoms with Crippen LogP contribution < -0.4 is 0 Å². The maximum Gasteiger partial charge on any atom is 0.416 e. The van der Waals surface area contributed by atoms with Crippen molar-refractivity contribution >= 4 is 18.1 Å². The predicted octanol–water partition coefficient (Wildman–Crippen LogP) is 1.97. The van der Waals surface area contributed by atoms with Crippen molar-refractivity contribution in [3.8, 4) is 0 Å². The Bertz CT molecular complexity index is 633. The molecular weight excluding hydrogens is 312 g/mol. The van der Waals surface area contributed by atoms with Crippen LogP contribution in [0.2, 0.25) is 0 Å². The quantitative estimate of drug-likeness (QED) is 0.911. The number of likely N-dealkylation sites (tertiary alicyclic amines) is 1. The summed E-state index contributed by atoms with van der Waals surface area (Å²) in [6.07, 6.45) is -0.194. The molecule has 0 aliphatic carbocycles. The summed E-state index contributed by atoms with van der Waals surface area (Å²) in [7, 11) is 0. The molecule has 7 nitrogen and oxygen atoms in total. The molecular formula is C17H20N2O5. The average molecular weight is 332 g/mol. The van der Waals surface area contributed by atoms with Crippen molar-refractivity contribution in [3.63, 3.8) is 0 Å². The molecule has 2 aliphatic heterocycles. The largest absolute Gasteiger partial charge is 0.465 e. The van der Waals surface area contributed by atoms with Crippen LogP contribution in [0.15, 0.2) is 30.3 Å². The highest BCUT2D eigenvalue weighted by atomic mass is 16.6. The third-order valence-corrected chi connectivity index (χ3v) is 4.56. The van der Waals surface area contributed by atoms with E-state index in [1.165, 1.54) is 9.80 Å². The lowest BCUT2D eigenvalue weighted by Gasteiger charge is -2.21. The second-order valence-corrected chi connectivity index (χ2v) is 6.27. The van der Waals surface area contributed by atoms with Crippen molar-refractivity contribution in [1.29, 1.82) is 0 Å². The normalized spacial score (nSPS) is 23.4. The predicted molar refractivity (Wildman–Crippen MR) is 84.4 cm³/mol. The number of rotatable bonds is 4. The van der Waals surface area contributed by atoms with Gasteiger partial charge in [0.25, 0.3) is 0 Å². The van der Waals surface area contributed by atoms with E-state index >= 15 is 0 Å². The summed E-state index contributed by atoms with van der Waals surface area (Å²) < 4.78 is 5.06. The molecule has 1 N–H and O–H groups in total. The van der Waals surface area contributed by atoms with Gasteiger partial charge in [-0.15, -0.1) is 0 Å². The smallest absolute Gasteiger partial charge is 0.416 e. The van der Waals surface area contributed by atoms with Gasteiger partial charge in [-0.05, 0) is 24.3 Å². The van der Waals surface area contributed by atoms with Gasteiger partial charge < -0.3 is 14.7 Å². The third-order valence-electron chi connectivity index (χ3n) is 4.56. The topological polar surface area (TPSA) is 87.2 Å². The number of hydrogen-bond acceptors (Lipinski definition) is 4. The Morgan fingerprint density at radius 2 is 2.00 bits per heavy atom. The van der Waals surface area contributed by atoms with E-state index in [-0.39, 0.29) is 30.9 Å². The number of benzene rings is 1. The Balaban J connectivity index is 1.61. The number of nitrogens with zero attached hydrogens (tertiary/aromatic N) is 2. The number of amides is 3. The first-order chi connectivity index (χ1) is 11.5. The molecule has 1 aromatic rings. The molecule has 2 fully saturated rings. The highest BCUT2D eigenvalue weighted by Crippen LogP contribution is 2.24. The van der Waals surface area contributed by atoms with E-state index < -0.39 is 12.2 Å². The van der Waals surface area contributed by atoms with Gasteiger partial charge in [0.2, 0.25) is 5.91 Å². The zero-order valence-electron chi connectivity index (χ0n) is 13.3. The number of ether oxygens (including phenoxy) is 1. The van der Waals surface area contributed by atoms with Gasteiger partial charge in [-0.1, -0.05) is 30.3 Å². The van der Waals surface area contributed by atoms with Gasteiger partial charge in [-0.25, -0.2) is 14.5 Å². The average Bonchev–Trinajstić information content (AvgIpc) is 3.15. The molecule has 2 atom stereocenters. The van der Waals surface area contributed by atoms with Crippen molar-refractivity contribution in [1.82, 2.24) is 9.80 Å². The molecule has 2 heterocycles. The van der Waals surface area contributed by atoms with Gasteiger partial charge in [0.15, 0.2) is 0 Å². The van der Waals surface area contributed by atoms with Crippen LogP contribution >= 0.6 is 0 Å². The van der Waals surface area contributed by atoms with Crippen LogP contribution in [0.5, 0.6) is 0 Å². The highest BCUT2D eigenvalue weighted by molar-refractivity contribution is 5.93. The molecule has 3 amide bonds. The number of imide groups is 1. The first kappa shape index (κ1) is 16.3. The fourth-order valence-corrected chi connectivity index (χ4v) is 3.32. The van der Waals surface area contributed by atoms with Crippen molar-refractivity contribution in [3.05, 3.63) is 35.9 Å². The van der Waals surface area contributed by atoms with Gasteiger partial charge >= 0.3 is 12.2 Å². The Labute approximate surface area is 139 Å². The van der Waals surface area contributed by atoms with Crippen LogP contribution in [0.1, 0.15) is 18.4 Å². The SMILES string of the molecule is O=C(O)N1CCC(CC(=O)N2C(=O)OCC2Cc2ccccc2)C1. The van der Waals surface area contributed by atoms with E-state index in [9.17, 15) is 14.4 Å². The van der Waals surface area contributed by atoms with Gasteiger partial charge in [0.1, 0.15) is 6.61 Å². The maximum atomic E-state index is 12.5. The minimum absolute atomic E-state index is 0.0422. The van der Waals surface area contributed by atoms with Crippen molar-refractivity contribution in [2.75, 3.05) is 19.7 Å². The van der Waals surface area contributed by atoms with E-state index in [2.05, 4.69) is 0 Å². The van der Waals surface area contributed by atoms with Gasteiger partial charge in [-0.2, -0.15) is 0 Å². The van der Waals surface area contributed by atoms with Crippen LogP contribution in [0.25, 0.3) is 0 Å². The van der Waals surface area contributed by atoms with Gasteiger partial charge in [0, 0.05) is 19.5 Å². The molecule has 2 unspecified atom stereocenters. The lowest BCUT2D eigenvalue weighted by Crippen LogP contribution is -2.41. The first-order valence-corrected chi connectivity index (χ1v) is 8.05. The van der Waals surface area contributed by atoms with Crippen LogP contribution in [-0.4, -0.2) is 58.7 Å². The van der Waals surface area contributed by atoms with Crippen molar-refractivity contribution in [2.45, 2.75) is 25.3 Å². The number of carbonyl (C=O) groups is 3. The molecule has 128 valence electrons. The van der Waals surface area contributed by atoms with Crippen LogP contribution in [-0.2, 0) is 16.0 Å². The summed E-state index contributed by atoms with van der Waals surface area (Å²) in [6.45, 7) is 0.976. The third kappa shape index (κ3) is 3.50. The molecule has 0 bridgehead atoms. The van der Waals surface area contributed by atoms with E-state index in [1.807, 2.05) is 30.3 Å². The van der Waals surface area contributed by atoms with E-state index in [4.69, 9.17) is 9.84 Å². The van der Waals surface area contributed by atoms with Crippen molar-refractivity contribution < 1.29 is 24.2 Å². The zero-order chi connectivity index (χ0) is 17.1. The summed E-state index contributed by atoms with van der Waals surface area (Å²) in [4.78, 5) is 38.0. The minimum Gasteiger partial charge on any atom is -0.465 e. The molecule has 24 heavy (non-hydrogen) atoms. The summed E-state index contributed by atoms with van der Waals surface area (Å²) >= 11 is 0. The fourth-order valence-electron chi connectivity index (χ4n) is 3.32.